The zero-order valence-corrected chi connectivity index (χ0v) is 13.5. The molecule has 0 aromatic carbocycles. The van der Waals surface area contributed by atoms with Crippen LogP contribution in [0.25, 0.3) is 0 Å². The summed E-state index contributed by atoms with van der Waals surface area (Å²) in [7, 11) is 0. The molecule has 0 saturated heterocycles. The number of hydrogen-bond acceptors (Lipinski definition) is 2. The Morgan fingerprint density at radius 3 is 2.50 bits per heavy atom. The summed E-state index contributed by atoms with van der Waals surface area (Å²) in [4.78, 5) is 15.6. The molecule has 112 valence electrons. The molecule has 1 unspecified atom stereocenters. The van der Waals surface area contributed by atoms with E-state index in [1.807, 2.05) is 0 Å². The number of unbranched alkanes of at least 4 members (excludes halogenated alkanes) is 2. The van der Waals surface area contributed by atoms with E-state index in [-0.39, 0.29) is 5.41 Å². The lowest BCUT2D eigenvalue weighted by atomic mass is 9.77. The van der Waals surface area contributed by atoms with Gasteiger partial charge in [-0.3, -0.25) is 9.78 Å². The van der Waals surface area contributed by atoms with Gasteiger partial charge in [-0.1, -0.05) is 58.1 Å². The maximum atomic E-state index is 11.2. The SMILES string of the molecule is CCCCCC(C)(CCC)c1ncc(C(N)=O)cc1Cl. The highest BCUT2D eigenvalue weighted by molar-refractivity contribution is 6.31. The molecule has 0 aliphatic heterocycles. The number of hydrogen-bond donors (Lipinski definition) is 1. The van der Waals surface area contributed by atoms with Crippen LogP contribution in [0.1, 0.15) is 75.3 Å². The van der Waals surface area contributed by atoms with E-state index in [1.165, 1.54) is 25.5 Å². The molecule has 3 nitrogen and oxygen atoms in total. The van der Waals surface area contributed by atoms with Crippen molar-refractivity contribution in [3.05, 3.63) is 28.5 Å². The van der Waals surface area contributed by atoms with E-state index in [1.54, 1.807) is 6.07 Å². The Morgan fingerprint density at radius 1 is 1.30 bits per heavy atom. The van der Waals surface area contributed by atoms with Crippen molar-refractivity contribution < 1.29 is 4.79 Å². The fraction of sp³-hybridized carbons (Fsp3) is 0.625. The topological polar surface area (TPSA) is 56.0 Å². The van der Waals surface area contributed by atoms with Crippen molar-refractivity contribution in [2.75, 3.05) is 0 Å². The van der Waals surface area contributed by atoms with Crippen molar-refractivity contribution in [1.29, 1.82) is 0 Å². The van der Waals surface area contributed by atoms with Crippen molar-refractivity contribution in [2.24, 2.45) is 5.73 Å². The summed E-state index contributed by atoms with van der Waals surface area (Å²) in [5.74, 6) is -0.492. The van der Waals surface area contributed by atoms with E-state index in [4.69, 9.17) is 17.3 Å². The van der Waals surface area contributed by atoms with Crippen LogP contribution in [0, 0.1) is 0 Å². The molecule has 4 heteroatoms. The molecular formula is C16H25ClN2O. The second kappa shape index (κ2) is 7.63. The van der Waals surface area contributed by atoms with Crippen LogP contribution in [0.4, 0.5) is 0 Å². The number of carbonyl (C=O) groups is 1. The average Bonchev–Trinajstić information content (AvgIpc) is 2.39. The van der Waals surface area contributed by atoms with Crippen LogP contribution >= 0.6 is 11.6 Å². The highest BCUT2D eigenvalue weighted by Crippen LogP contribution is 2.37. The average molecular weight is 297 g/mol. The number of amides is 1. The quantitative estimate of drug-likeness (QED) is 0.719. The third-order valence-electron chi connectivity index (χ3n) is 3.83. The monoisotopic (exact) mass is 296 g/mol. The number of carbonyl (C=O) groups excluding carboxylic acids is 1. The third-order valence-corrected chi connectivity index (χ3v) is 4.12. The summed E-state index contributed by atoms with van der Waals surface area (Å²) >= 11 is 6.34. The summed E-state index contributed by atoms with van der Waals surface area (Å²) < 4.78 is 0. The molecule has 1 aromatic rings. The van der Waals surface area contributed by atoms with Gasteiger partial charge >= 0.3 is 0 Å². The minimum atomic E-state index is -0.492. The zero-order valence-electron chi connectivity index (χ0n) is 12.7. The van der Waals surface area contributed by atoms with Gasteiger partial charge in [0.2, 0.25) is 5.91 Å². The standard InChI is InChI=1S/C16H25ClN2O/c1-4-6-7-9-16(3,8-5-2)14-13(17)10-12(11-19-14)15(18)20/h10-11H,4-9H2,1-3H3,(H2,18,20). The second-order valence-electron chi connectivity index (χ2n) is 5.69. The smallest absolute Gasteiger partial charge is 0.250 e. The molecule has 0 radical (unpaired) electrons. The molecule has 1 atom stereocenters. The number of halogens is 1. The Balaban J connectivity index is 3.04. The lowest BCUT2D eigenvalue weighted by molar-refractivity contribution is 0.1000. The number of primary amides is 1. The van der Waals surface area contributed by atoms with Crippen LogP contribution in [0.5, 0.6) is 0 Å². The predicted molar refractivity (Wildman–Crippen MR) is 84.2 cm³/mol. The van der Waals surface area contributed by atoms with Gasteiger partial charge in [-0.25, -0.2) is 0 Å². The van der Waals surface area contributed by atoms with E-state index in [9.17, 15) is 4.79 Å². The summed E-state index contributed by atoms with van der Waals surface area (Å²) in [6, 6.07) is 1.64. The third kappa shape index (κ3) is 4.20. The Labute approximate surface area is 126 Å². The van der Waals surface area contributed by atoms with Gasteiger partial charge in [0.25, 0.3) is 0 Å². The number of nitrogens with two attached hydrogens (primary N) is 1. The van der Waals surface area contributed by atoms with Gasteiger partial charge in [-0.2, -0.15) is 0 Å². The van der Waals surface area contributed by atoms with Crippen LogP contribution < -0.4 is 5.73 Å². The minimum absolute atomic E-state index is 0.0306. The first-order valence-electron chi connectivity index (χ1n) is 7.40. The Bertz CT molecular complexity index is 462. The van der Waals surface area contributed by atoms with Crippen molar-refractivity contribution in [1.82, 2.24) is 4.98 Å². The summed E-state index contributed by atoms with van der Waals surface area (Å²) in [6.07, 6.45) is 8.31. The van der Waals surface area contributed by atoms with E-state index >= 15 is 0 Å². The number of pyridine rings is 1. The van der Waals surface area contributed by atoms with Crippen molar-refractivity contribution in [2.45, 2.75) is 64.7 Å². The molecule has 2 N–H and O–H groups in total. The van der Waals surface area contributed by atoms with Crippen LogP contribution in [0.3, 0.4) is 0 Å². The van der Waals surface area contributed by atoms with E-state index in [0.29, 0.717) is 10.6 Å². The van der Waals surface area contributed by atoms with Gasteiger partial charge < -0.3 is 5.73 Å². The molecule has 0 aliphatic rings. The van der Waals surface area contributed by atoms with Gasteiger partial charge in [-0.05, 0) is 18.9 Å². The molecular weight excluding hydrogens is 272 g/mol. The van der Waals surface area contributed by atoms with Crippen LogP contribution in [-0.2, 0) is 5.41 Å². The van der Waals surface area contributed by atoms with Gasteiger partial charge in [0.1, 0.15) is 0 Å². The molecule has 0 bridgehead atoms. The zero-order chi connectivity index (χ0) is 15.2. The molecule has 0 spiro atoms. The Kier molecular flexibility index (Phi) is 6.47. The Hall–Kier alpha value is -1.09. The largest absolute Gasteiger partial charge is 0.366 e. The minimum Gasteiger partial charge on any atom is -0.366 e. The van der Waals surface area contributed by atoms with E-state index < -0.39 is 5.91 Å². The normalized spacial score (nSPS) is 14.0. The molecule has 20 heavy (non-hydrogen) atoms. The van der Waals surface area contributed by atoms with E-state index in [0.717, 1.165) is 25.0 Å². The number of nitrogens with zero attached hydrogens (tertiary/aromatic N) is 1. The lowest BCUT2D eigenvalue weighted by Gasteiger charge is -2.30. The molecule has 0 saturated carbocycles. The number of rotatable bonds is 8. The van der Waals surface area contributed by atoms with E-state index in [2.05, 4.69) is 25.8 Å². The van der Waals surface area contributed by atoms with Gasteiger partial charge in [0, 0.05) is 11.6 Å². The lowest BCUT2D eigenvalue weighted by Crippen LogP contribution is -2.24. The van der Waals surface area contributed by atoms with Crippen LogP contribution in [-0.4, -0.2) is 10.9 Å². The van der Waals surface area contributed by atoms with Crippen molar-refractivity contribution in [3.8, 4) is 0 Å². The molecule has 1 aromatic heterocycles. The Morgan fingerprint density at radius 2 is 2.00 bits per heavy atom. The van der Waals surface area contributed by atoms with Crippen molar-refractivity contribution in [3.63, 3.8) is 0 Å². The molecule has 0 aliphatic carbocycles. The summed E-state index contributed by atoms with van der Waals surface area (Å²) in [6.45, 7) is 6.58. The van der Waals surface area contributed by atoms with Gasteiger partial charge in [0.15, 0.2) is 0 Å². The first kappa shape index (κ1) is 17.0. The van der Waals surface area contributed by atoms with Gasteiger partial charge in [-0.15, -0.1) is 0 Å². The fourth-order valence-electron chi connectivity index (χ4n) is 2.70. The second-order valence-corrected chi connectivity index (χ2v) is 6.09. The fourth-order valence-corrected chi connectivity index (χ4v) is 3.09. The summed E-state index contributed by atoms with van der Waals surface area (Å²) in [5.41, 5.74) is 6.49. The summed E-state index contributed by atoms with van der Waals surface area (Å²) in [5, 5.41) is 0.550. The highest BCUT2D eigenvalue weighted by atomic mass is 35.5. The van der Waals surface area contributed by atoms with Crippen LogP contribution in [0.15, 0.2) is 12.3 Å². The molecule has 0 fully saturated rings. The highest BCUT2D eigenvalue weighted by Gasteiger charge is 2.29. The maximum Gasteiger partial charge on any atom is 0.250 e. The number of aromatic nitrogens is 1. The first-order chi connectivity index (χ1) is 9.44. The molecule has 1 amide bonds. The van der Waals surface area contributed by atoms with Crippen LogP contribution in [0.2, 0.25) is 5.02 Å². The molecule has 1 heterocycles. The molecule has 1 rings (SSSR count). The predicted octanol–water partition coefficient (Wildman–Crippen LogP) is 4.47. The van der Waals surface area contributed by atoms with Gasteiger partial charge in [0.05, 0.1) is 16.3 Å². The van der Waals surface area contributed by atoms with Crippen molar-refractivity contribution >= 4 is 17.5 Å². The first-order valence-corrected chi connectivity index (χ1v) is 7.78. The maximum absolute atomic E-state index is 11.2.